The minimum atomic E-state index is 0.435. The zero-order valence-electron chi connectivity index (χ0n) is 16.3. The Morgan fingerprint density at radius 2 is 1.86 bits per heavy atom. The molecule has 1 heterocycles. The Kier molecular flexibility index (Phi) is 7.07. The Hall–Kier alpha value is -3.28. The van der Waals surface area contributed by atoms with Gasteiger partial charge in [0.2, 0.25) is 5.89 Å². The highest BCUT2D eigenvalue weighted by Crippen LogP contribution is 2.18. The predicted octanol–water partition coefficient (Wildman–Crippen LogP) is 3.78. The van der Waals surface area contributed by atoms with Crippen molar-refractivity contribution in [3.63, 3.8) is 0 Å². The highest BCUT2D eigenvalue weighted by molar-refractivity contribution is 5.79. The number of benzene rings is 2. The Labute approximate surface area is 165 Å². The SMILES string of the molecule is CCNC(=NCc1coc(-c2ccccc2)n1)NCCOc1ccccc1C. The van der Waals surface area contributed by atoms with Gasteiger partial charge in [-0.05, 0) is 37.6 Å². The highest BCUT2D eigenvalue weighted by Gasteiger charge is 2.06. The number of nitrogens with zero attached hydrogens (tertiary/aromatic N) is 2. The smallest absolute Gasteiger partial charge is 0.226 e. The fourth-order valence-corrected chi connectivity index (χ4v) is 2.64. The molecule has 0 aliphatic carbocycles. The number of nitrogens with one attached hydrogen (secondary N) is 2. The largest absolute Gasteiger partial charge is 0.491 e. The van der Waals surface area contributed by atoms with Crippen LogP contribution in [0, 0.1) is 6.92 Å². The molecule has 0 radical (unpaired) electrons. The number of oxazole rings is 1. The van der Waals surface area contributed by atoms with Crippen LogP contribution in [0.15, 0.2) is 70.3 Å². The fourth-order valence-electron chi connectivity index (χ4n) is 2.64. The Bertz CT molecular complexity index is 890. The lowest BCUT2D eigenvalue weighted by atomic mass is 10.2. The number of aromatic nitrogens is 1. The average Bonchev–Trinajstić information content (AvgIpc) is 3.20. The van der Waals surface area contributed by atoms with E-state index in [4.69, 9.17) is 9.15 Å². The summed E-state index contributed by atoms with van der Waals surface area (Å²) in [5.74, 6) is 2.23. The van der Waals surface area contributed by atoms with Crippen molar-refractivity contribution >= 4 is 5.96 Å². The monoisotopic (exact) mass is 378 g/mol. The fraction of sp³-hybridized carbons (Fsp3) is 0.273. The molecule has 146 valence electrons. The summed E-state index contributed by atoms with van der Waals surface area (Å²) in [4.78, 5) is 9.07. The van der Waals surface area contributed by atoms with Gasteiger partial charge in [-0.15, -0.1) is 0 Å². The van der Waals surface area contributed by atoms with E-state index in [-0.39, 0.29) is 0 Å². The van der Waals surface area contributed by atoms with Gasteiger partial charge in [-0.1, -0.05) is 36.4 Å². The average molecular weight is 378 g/mol. The summed E-state index contributed by atoms with van der Waals surface area (Å²) in [7, 11) is 0. The molecule has 0 atom stereocenters. The van der Waals surface area contributed by atoms with Crippen molar-refractivity contribution in [3.8, 4) is 17.2 Å². The normalized spacial score (nSPS) is 11.3. The number of aliphatic imine (C=N–C) groups is 1. The Morgan fingerprint density at radius 3 is 2.64 bits per heavy atom. The van der Waals surface area contributed by atoms with Crippen LogP contribution < -0.4 is 15.4 Å². The van der Waals surface area contributed by atoms with Crippen molar-refractivity contribution in [2.24, 2.45) is 4.99 Å². The van der Waals surface area contributed by atoms with Gasteiger partial charge < -0.3 is 19.8 Å². The molecular formula is C22H26N4O2. The van der Waals surface area contributed by atoms with Crippen molar-refractivity contribution in [2.45, 2.75) is 20.4 Å². The van der Waals surface area contributed by atoms with Gasteiger partial charge in [-0.25, -0.2) is 9.98 Å². The van der Waals surface area contributed by atoms with Crippen molar-refractivity contribution < 1.29 is 9.15 Å². The first-order valence-electron chi connectivity index (χ1n) is 9.46. The van der Waals surface area contributed by atoms with E-state index in [1.165, 1.54) is 0 Å². The lowest BCUT2D eigenvalue weighted by Crippen LogP contribution is -2.39. The van der Waals surface area contributed by atoms with Gasteiger partial charge >= 0.3 is 0 Å². The Balaban J connectivity index is 1.51. The maximum absolute atomic E-state index is 5.81. The second-order valence-electron chi connectivity index (χ2n) is 6.25. The van der Waals surface area contributed by atoms with Gasteiger partial charge in [0, 0.05) is 12.1 Å². The number of para-hydroxylation sites is 1. The molecule has 0 saturated carbocycles. The maximum atomic E-state index is 5.81. The van der Waals surface area contributed by atoms with Gasteiger partial charge in [-0.2, -0.15) is 0 Å². The zero-order valence-corrected chi connectivity index (χ0v) is 16.3. The molecule has 0 saturated heterocycles. The first-order valence-corrected chi connectivity index (χ1v) is 9.46. The van der Waals surface area contributed by atoms with Gasteiger partial charge in [0.15, 0.2) is 5.96 Å². The molecule has 0 unspecified atom stereocenters. The van der Waals surface area contributed by atoms with Crippen LogP contribution in [-0.2, 0) is 6.54 Å². The van der Waals surface area contributed by atoms with E-state index in [9.17, 15) is 0 Å². The number of aryl methyl sites for hydroxylation is 1. The van der Waals surface area contributed by atoms with Crippen LogP contribution in [0.5, 0.6) is 5.75 Å². The van der Waals surface area contributed by atoms with E-state index in [1.807, 2.05) is 68.4 Å². The minimum Gasteiger partial charge on any atom is -0.491 e. The number of rotatable bonds is 8. The molecule has 2 N–H and O–H groups in total. The van der Waals surface area contributed by atoms with Crippen molar-refractivity contribution in [1.29, 1.82) is 0 Å². The van der Waals surface area contributed by atoms with Crippen molar-refractivity contribution in [2.75, 3.05) is 19.7 Å². The first kappa shape index (κ1) is 19.5. The molecule has 0 fully saturated rings. The summed E-state index contributed by atoms with van der Waals surface area (Å²) in [5.41, 5.74) is 2.87. The summed E-state index contributed by atoms with van der Waals surface area (Å²) < 4.78 is 11.4. The summed E-state index contributed by atoms with van der Waals surface area (Å²) in [6.07, 6.45) is 1.65. The zero-order chi connectivity index (χ0) is 19.6. The molecule has 0 bridgehead atoms. The van der Waals surface area contributed by atoms with E-state index < -0.39 is 0 Å². The summed E-state index contributed by atoms with van der Waals surface area (Å²) in [6, 6.07) is 17.8. The standard InChI is InChI=1S/C22H26N4O2/c1-3-23-22(24-13-14-27-20-12-8-7-9-17(20)2)25-15-19-16-28-21(26-19)18-10-5-4-6-11-18/h4-12,16H,3,13-15H2,1-2H3,(H2,23,24,25). The van der Waals surface area contributed by atoms with E-state index in [1.54, 1.807) is 6.26 Å². The van der Waals surface area contributed by atoms with Crippen LogP contribution >= 0.6 is 0 Å². The molecule has 6 nitrogen and oxygen atoms in total. The molecule has 3 rings (SSSR count). The lowest BCUT2D eigenvalue weighted by molar-refractivity contribution is 0.320. The molecule has 1 aromatic heterocycles. The van der Waals surface area contributed by atoms with Crippen LogP contribution in [0.2, 0.25) is 0 Å². The quantitative estimate of drug-likeness (QED) is 0.355. The number of hydrogen-bond donors (Lipinski definition) is 2. The Morgan fingerprint density at radius 1 is 1.07 bits per heavy atom. The van der Waals surface area contributed by atoms with E-state index in [2.05, 4.69) is 20.6 Å². The number of guanidine groups is 1. The third-order valence-electron chi connectivity index (χ3n) is 4.06. The van der Waals surface area contributed by atoms with Crippen molar-refractivity contribution in [1.82, 2.24) is 15.6 Å². The molecule has 28 heavy (non-hydrogen) atoms. The van der Waals surface area contributed by atoms with Gasteiger partial charge in [0.25, 0.3) is 0 Å². The summed E-state index contributed by atoms with van der Waals surface area (Å²) >= 11 is 0. The molecule has 0 aliphatic rings. The predicted molar refractivity (Wildman–Crippen MR) is 111 cm³/mol. The van der Waals surface area contributed by atoms with Gasteiger partial charge in [0.05, 0.1) is 13.1 Å². The van der Waals surface area contributed by atoms with E-state index >= 15 is 0 Å². The van der Waals surface area contributed by atoms with E-state index in [0.717, 1.165) is 35.1 Å². The summed E-state index contributed by atoms with van der Waals surface area (Å²) in [6.45, 7) is 6.48. The van der Waals surface area contributed by atoms with Crippen LogP contribution in [0.3, 0.4) is 0 Å². The third kappa shape index (κ3) is 5.61. The molecule has 0 spiro atoms. The first-order chi connectivity index (χ1) is 13.8. The van der Waals surface area contributed by atoms with Gasteiger partial charge in [-0.3, -0.25) is 0 Å². The van der Waals surface area contributed by atoms with Crippen LogP contribution in [0.4, 0.5) is 0 Å². The maximum Gasteiger partial charge on any atom is 0.226 e. The minimum absolute atomic E-state index is 0.435. The van der Waals surface area contributed by atoms with Crippen LogP contribution in [0.1, 0.15) is 18.2 Å². The number of ether oxygens (including phenoxy) is 1. The molecule has 0 amide bonds. The van der Waals surface area contributed by atoms with Crippen LogP contribution in [-0.4, -0.2) is 30.6 Å². The highest BCUT2D eigenvalue weighted by atomic mass is 16.5. The second-order valence-corrected chi connectivity index (χ2v) is 6.25. The van der Waals surface area contributed by atoms with E-state index in [0.29, 0.717) is 25.6 Å². The second kappa shape index (κ2) is 10.2. The topological polar surface area (TPSA) is 71.7 Å². The molecule has 0 aliphatic heterocycles. The van der Waals surface area contributed by atoms with Gasteiger partial charge in [0.1, 0.15) is 24.3 Å². The third-order valence-corrected chi connectivity index (χ3v) is 4.06. The lowest BCUT2D eigenvalue weighted by Gasteiger charge is -2.12. The number of hydrogen-bond acceptors (Lipinski definition) is 4. The molecular weight excluding hydrogens is 352 g/mol. The molecule has 2 aromatic carbocycles. The molecule has 6 heteroatoms. The van der Waals surface area contributed by atoms with Crippen LogP contribution in [0.25, 0.3) is 11.5 Å². The summed E-state index contributed by atoms with van der Waals surface area (Å²) in [5, 5.41) is 6.50. The van der Waals surface area contributed by atoms with Crippen molar-refractivity contribution in [3.05, 3.63) is 72.1 Å². The molecule has 3 aromatic rings.